The van der Waals surface area contributed by atoms with Gasteiger partial charge in [0.2, 0.25) is 0 Å². The van der Waals surface area contributed by atoms with Crippen molar-refractivity contribution in [3.05, 3.63) is 42.0 Å². The molecule has 1 N–H and O–H groups in total. The fourth-order valence-corrected chi connectivity index (χ4v) is 3.10. The molecular formula is C16H19N5O3. The molecule has 4 rings (SSSR count). The summed E-state index contributed by atoms with van der Waals surface area (Å²) in [4.78, 5) is 14.4. The molecular weight excluding hydrogens is 310 g/mol. The molecule has 0 radical (unpaired) electrons. The second kappa shape index (κ2) is 6.12. The average Bonchev–Trinajstić information content (AvgIpc) is 3.22. The fourth-order valence-electron chi connectivity index (χ4n) is 3.10. The molecule has 0 aliphatic carbocycles. The Bertz CT molecular complexity index is 747. The highest BCUT2D eigenvalue weighted by Crippen LogP contribution is 2.32. The number of rotatable bonds is 2. The molecule has 2 aromatic rings. The van der Waals surface area contributed by atoms with E-state index >= 15 is 0 Å². The Morgan fingerprint density at radius 3 is 3.08 bits per heavy atom. The highest BCUT2D eigenvalue weighted by Gasteiger charge is 2.31. The molecule has 0 saturated carbocycles. The molecule has 1 saturated heterocycles. The summed E-state index contributed by atoms with van der Waals surface area (Å²) < 4.78 is 13.2. The van der Waals surface area contributed by atoms with E-state index in [1.807, 2.05) is 35.9 Å². The average molecular weight is 329 g/mol. The minimum atomic E-state index is -0.260. The van der Waals surface area contributed by atoms with Gasteiger partial charge in [-0.1, -0.05) is 18.2 Å². The lowest BCUT2D eigenvalue weighted by atomic mass is 10.1. The molecule has 1 aromatic heterocycles. The van der Waals surface area contributed by atoms with E-state index < -0.39 is 0 Å². The van der Waals surface area contributed by atoms with Crippen molar-refractivity contribution < 1.29 is 14.3 Å². The zero-order chi connectivity index (χ0) is 16.5. The normalized spacial score (nSPS) is 22.8. The van der Waals surface area contributed by atoms with Gasteiger partial charge in [0.15, 0.2) is 5.82 Å². The lowest BCUT2D eigenvalue weighted by Gasteiger charge is -2.33. The third-order valence-corrected chi connectivity index (χ3v) is 4.39. The second-order valence-corrected chi connectivity index (χ2v) is 5.96. The topological polar surface area (TPSA) is 81.5 Å². The van der Waals surface area contributed by atoms with Crippen LogP contribution in [0.4, 0.5) is 4.79 Å². The first-order chi connectivity index (χ1) is 11.7. The van der Waals surface area contributed by atoms with Crippen LogP contribution in [0.5, 0.6) is 5.75 Å². The molecule has 126 valence electrons. The molecule has 0 spiro atoms. The quantitative estimate of drug-likeness (QED) is 0.890. The monoisotopic (exact) mass is 329 g/mol. The predicted octanol–water partition coefficient (Wildman–Crippen LogP) is 1.03. The number of urea groups is 1. The number of hydrogen-bond acceptors (Lipinski definition) is 5. The van der Waals surface area contributed by atoms with Gasteiger partial charge in [0.1, 0.15) is 24.8 Å². The Kier molecular flexibility index (Phi) is 3.81. The van der Waals surface area contributed by atoms with Gasteiger partial charge in [0.05, 0.1) is 19.2 Å². The molecule has 0 bridgehead atoms. The van der Waals surface area contributed by atoms with Crippen LogP contribution in [-0.4, -0.2) is 52.0 Å². The van der Waals surface area contributed by atoms with Gasteiger partial charge in [-0.2, -0.15) is 0 Å². The van der Waals surface area contributed by atoms with Gasteiger partial charge in [-0.3, -0.25) is 0 Å². The largest absolute Gasteiger partial charge is 0.491 e. The van der Waals surface area contributed by atoms with Crippen LogP contribution in [0.2, 0.25) is 0 Å². The predicted molar refractivity (Wildman–Crippen MR) is 84.5 cm³/mol. The van der Waals surface area contributed by atoms with E-state index in [-0.39, 0.29) is 18.2 Å². The molecule has 2 aliphatic heterocycles. The number of carbonyl (C=O) groups excluding carboxylic acids is 1. The van der Waals surface area contributed by atoms with Gasteiger partial charge in [0, 0.05) is 19.2 Å². The zero-order valence-corrected chi connectivity index (χ0v) is 13.4. The highest BCUT2D eigenvalue weighted by molar-refractivity contribution is 5.75. The first-order valence-electron chi connectivity index (χ1n) is 7.95. The zero-order valence-electron chi connectivity index (χ0n) is 13.4. The standard InChI is InChI=1S/C16H19N5O3/c1-20-10-17-19-15(20)14-8-21(6-7-23-14)16(22)18-12-9-24-13-5-3-2-4-11(12)13/h2-5,10,12,14H,6-9H2,1H3,(H,18,22)/t12-,14-/m1/s1. The number of carbonyl (C=O) groups is 1. The van der Waals surface area contributed by atoms with E-state index in [0.717, 1.165) is 17.1 Å². The maximum Gasteiger partial charge on any atom is 0.318 e. The van der Waals surface area contributed by atoms with Crippen molar-refractivity contribution in [3.63, 3.8) is 0 Å². The minimum absolute atomic E-state index is 0.115. The van der Waals surface area contributed by atoms with E-state index in [4.69, 9.17) is 9.47 Å². The second-order valence-electron chi connectivity index (χ2n) is 5.96. The number of morpholine rings is 1. The van der Waals surface area contributed by atoms with E-state index in [0.29, 0.717) is 26.3 Å². The summed E-state index contributed by atoms with van der Waals surface area (Å²) in [6.45, 7) is 1.94. The number of ether oxygens (including phenoxy) is 2. The molecule has 1 fully saturated rings. The summed E-state index contributed by atoms with van der Waals surface area (Å²) in [6.07, 6.45) is 1.37. The Morgan fingerprint density at radius 2 is 2.25 bits per heavy atom. The SMILES string of the molecule is Cn1cnnc1[C@H]1CN(C(=O)N[C@@H]2COc3ccccc32)CCO1. The molecule has 1 aromatic carbocycles. The summed E-state index contributed by atoms with van der Waals surface area (Å²) in [5, 5.41) is 11.0. The van der Waals surface area contributed by atoms with Crippen LogP contribution in [0.3, 0.4) is 0 Å². The van der Waals surface area contributed by atoms with Gasteiger partial charge in [-0.05, 0) is 6.07 Å². The van der Waals surface area contributed by atoms with Crippen LogP contribution >= 0.6 is 0 Å². The molecule has 8 nitrogen and oxygen atoms in total. The number of hydrogen-bond donors (Lipinski definition) is 1. The smallest absolute Gasteiger partial charge is 0.318 e. The number of benzene rings is 1. The molecule has 8 heteroatoms. The number of amides is 2. The Balaban J connectivity index is 1.43. The Labute approximate surface area is 139 Å². The van der Waals surface area contributed by atoms with Crippen molar-refractivity contribution in [2.45, 2.75) is 12.1 Å². The van der Waals surface area contributed by atoms with Crippen molar-refractivity contribution in [2.75, 3.05) is 26.3 Å². The first-order valence-corrected chi connectivity index (χ1v) is 7.95. The maximum absolute atomic E-state index is 12.6. The van der Waals surface area contributed by atoms with Crippen LogP contribution < -0.4 is 10.1 Å². The summed E-state index contributed by atoms with van der Waals surface area (Å²) in [5.74, 6) is 1.56. The van der Waals surface area contributed by atoms with Crippen LogP contribution in [0.25, 0.3) is 0 Å². The molecule has 2 aliphatic rings. The Hall–Kier alpha value is -2.61. The highest BCUT2D eigenvalue weighted by atomic mass is 16.5. The molecule has 2 atom stereocenters. The lowest BCUT2D eigenvalue weighted by Crippen LogP contribution is -2.48. The number of fused-ring (bicyclic) bond motifs is 1. The number of para-hydroxylation sites is 1. The van der Waals surface area contributed by atoms with Gasteiger partial charge in [0.25, 0.3) is 0 Å². The molecule has 2 amide bonds. The van der Waals surface area contributed by atoms with E-state index in [2.05, 4.69) is 15.5 Å². The van der Waals surface area contributed by atoms with Crippen molar-refractivity contribution in [1.29, 1.82) is 0 Å². The summed E-state index contributed by atoms with van der Waals surface area (Å²) in [7, 11) is 1.87. The van der Waals surface area contributed by atoms with Gasteiger partial charge in [-0.25, -0.2) is 4.79 Å². The minimum Gasteiger partial charge on any atom is -0.491 e. The number of aromatic nitrogens is 3. The van der Waals surface area contributed by atoms with Crippen molar-refractivity contribution >= 4 is 6.03 Å². The molecule has 0 unspecified atom stereocenters. The summed E-state index contributed by atoms with van der Waals surface area (Å²) >= 11 is 0. The van der Waals surface area contributed by atoms with Crippen molar-refractivity contribution in [2.24, 2.45) is 7.05 Å². The van der Waals surface area contributed by atoms with Gasteiger partial charge in [-0.15, -0.1) is 10.2 Å². The molecule has 3 heterocycles. The Morgan fingerprint density at radius 1 is 1.38 bits per heavy atom. The van der Waals surface area contributed by atoms with Crippen LogP contribution in [0.1, 0.15) is 23.5 Å². The van der Waals surface area contributed by atoms with Gasteiger partial charge < -0.3 is 24.3 Å². The van der Waals surface area contributed by atoms with E-state index in [1.54, 1.807) is 11.2 Å². The lowest BCUT2D eigenvalue weighted by molar-refractivity contribution is -0.0218. The number of aryl methyl sites for hydroxylation is 1. The van der Waals surface area contributed by atoms with Crippen LogP contribution in [-0.2, 0) is 11.8 Å². The van der Waals surface area contributed by atoms with E-state index in [9.17, 15) is 4.79 Å². The van der Waals surface area contributed by atoms with Crippen molar-refractivity contribution in [1.82, 2.24) is 25.0 Å². The molecule has 24 heavy (non-hydrogen) atoms. The fraction of sp³-hybridized carbons (Fsp3) is 0.438. The maximum atomic E-state index is 12.6. The third kappa shape index (κ3) is 2.69. The number of nitrogens with one attached hydrogen (secondary N) is 1. The summed E-state index contributed by atoms with van der Waals surface area (Å²) in [6, 6.07) is 7.54. The number of nitrogens with zero attached hydrogens (tertiary/aromatic N) is 4. The van der Waals surface area contributed by atoms with Crippen molar-refractivity contribution in [3.8, 4) is 5.75 Å². The van der Waals surface area contributed by atoms with E-state index in [1.165, 1.54) is 0 Å². The third-order valence-electron chi connectivity index (χ3n) is 4.39. The summed E-state index contributed by atoms with van der Waals surface area (Å²) in [5.41, 5.74) is 1.02. The first kappa shape index (κ1) is 14.9. The van der Waals surface area contributed by atoms with Crippen LogP contribution in [0, 0.1) is 0 Å². The van der Waals surface area contributed by atoms with Crippen LogP contribution in [0.15, 0.2) is 30.6 Å². The van der Waals surface area contributed by atoms with Gasteiger partial charge >= 0.3 is 6.03 Å².